The number of aliphatic hydroxyl groups is 1. The molecule has 0 aromatic rings. The van der Waals surface area contributed by atoms with E-state index in [4.69, 9.17) is 5.11 Å². The Hall–Kier alpha value is -0.770. The SMILES string of the molecule is CCC(CCO)NC(=O)NCC(C)C. The first-order chi connectivity index (χ1) is 6.60. The van der Waals surface area contributed by atoms with Crippen molar-refractivity contribution in [1.82, 2.24) is 10.6 Å². The number of hydrogen-bond donors (Lipinski definition) is 3. The van der Waals surface area contributed by atoms with Crippen LogP contribution < -0.4 is 10.6 Å². The summed E-state index contributed by atoms with van der Waals surface area (Å²) >= 11 is 0. The minimum Gasteiger partial charge on any atom is -0.396 e. The van der Waals surface area contributed by atoms with Gasteiger partial charge in [0, 0.05) is 19.2 Å². The molecule has 0 heterocycles. The summed E-state index contributed by atoms with van der Waals surface area (Å²) in [6, 6.07) is -0.0637. The zero-order valence-corrected chi connectivity index (χ0v) is 9.34. The minimum absolute atomic E-state index is 0.0761. The van der Waals surface area contributed by atoms with Crippen LogP contribution in [0.1, 0.15) is 33.6 Å². The van der Waals surface area contributed by atoms with Gasteiger partial charge in [0.1, 0.15) is 0 Å². The van der Waals surface area contributed by atoms with Crippen LogP contribution in [0.3, 0.4) is 0 Å². The van der Waals surface area contributed by atoms with Gasteiger partial charge in [-0.25, -0.2) is 4.79 Å². The Bertz CT molecular complexity index is 160. The Labute approximate surface area is 86.1 Å². The fourth-order valence-electron chi connectivity index (χ4n) is 1.07. The Morgan fingerprint density at radius 2 is 2.07 bits per heavy atom. The van der Waals surface area contributed by atoms with Gasteiger partial charge in [-0.05, 0) is 18.8 Å². The van der Waals surface area contributed by atoms with Crippen molar-refractivity contribution in [3.8, 4) is 0 Å². The van der Waals surface area contributed by atoms with Crippen molar-refractivity contribution < 1.29 is 9.90 Å². The molecule has 0 aliphatic rings. The third-order valence-electron chi connectivity index (χ3n) is 1.98. The lowest BCUT2D eigenvalue weighted by atomic mass is 10.1. The predicted molar refractivity (Wildman–Crippen MR) is 57.2 cm³/mol. The molecule has 0 aromatic carbocycles. The topological polar surface area (TPSA) is 61.4 Å². The van der Waals surface area contributed by atoms with Gasteiger partial charge in [0.05, 0.1) is 0 Å². The summed E-state index contributed by atoms with van der Waals surface area (Å²) < 4.78 is 0. The zero-order valence-electron chi connectivity index (χ0n) is 9.34. The number of nitrogens with one attached hydrogen (secondary N) is 2. The van der Waals surface area contributed by atoms with Crippen LogP contribution in [0, 0.1) is 5.92 Å². The van der Waals surface area contributed by atoms with E-state index in [1.165, 1.54) is 0 Å². The van der Waals surface area contributed by atoms with E-state index >= 15 is 0 Å². The van der Waals surface area contributed by atoms with Crippen molar-refractivity contribution in [3.63, 3.8) is 0 Å². The van der Waals surface area contributed by atoms with Crippen LogP contribution in [0.25, 0.3) is 0 Å². The molecular formula is C10H22N2O2. The summed E-state index contributed by atoms with van der Waals surface area (Å²) in [6.07, 6.45) is 1.46. The molecule has 14 heavy (non-hydrogen) atoms. The van der Waals surface area contributed by atoms with Gasteiger partial charge in [-0.1, -0.05) is 20.8 Å². The summed E-state index contributed by atoms with van der Waals surface area (Å²) in [5, 5.41) is 14.3. The van der Waals surface area contributed by atoms with Crippen LogP contribution in [0.4, 0.5) is 4.79 Å². The molecule has 0 spiro atoms. The van der Waals surface area contributed by atoms with E-state index < -0.39 is 0 Å². The molecule has 0 aliphatic heterocycles. The van der Waals surface area contributed by atoms with Crippen molar-refractivity contribution in [2.75, 3.05) is 13.2 Å². The summed E-state index contributed by atoms with van der Waals surface area (Å²) in [6.45, 7) is 6.88. The van der Waals surface area contributed by atoms with Crippen LogP contribution >= 0.6 is 0 Å². The summed E-state index contributed by atoms with van der Waals surface area (Å²) in [7, 11) is 0. The molecule has 0 rings (SSSR count). The molecule has 0 radical (unpaired) electrons. The van der Waals surface area contributed by atoms with Gasteiger partial charge < -0.3 is 15.7 Å². The summed E-state index contributed by atoms with van der Waals surface area (Å²) in [4.78, 5) is 11.3. The van der Waals surface area contributed by atoms with E-state index in [1.807, 2.05) is 20.8 Å². The van der Waals surface area contributed by atoms with Crippen molar-refractivity contribution in [3.05, 3.63) is 0 Å². The second-order valence-corrected chi connectivity index (χ2v) is 3.87. The number of urea groups is 1. The van der Waals surface area contributed by atoms with Crippen molar-refractivity contribution in [1.29, 1.82) is 0 Å². The molecule has 4 nitrogen and oxygen atoms in total. The molecule has 0 bridgehead atoms. The van der Waals surface area contributed by atoms with Gasteiger partial charge in [0.2, 0.25) is 0 Å². The second-order valence-electron chi connectivity index (χ2n) is 3.87. The van der Waals surface area contributed by atoms with E-state index in [0.29, 0.717) is 18.9 Å². The normalized spacial score (nSPS) is 12.6. The minimum atomic E-state index is -0.140. The highest BCUT2D eigenvalue weighted by atomic mass is 16.3. The fourth-order valence-corrected chi connectivity index (χ4v) is 1.07. The third kappa shape index (κ3) is 6.71. The molecule has 0 fully saturated rings. The van der Waals surface area contributed by atoms with Crippen LogP contribution in [0.2, 0.25) is 0 Å². The van der Waals surface area contributed by atoms with Gasteiger partial charge >= 0.3 is 6.03 Å². The fraction of sp³-hybridized carbons (Fsp3) is 0.900. The molecule has 84 valence electrons. The maximum absolute atomic E-state index is 11.3. The van der Waals surface area contributed by atoms with E-state index in [9.17, 15) is 4.79 Å². The van der Waals surface area contributed by atoms with Gasteiger partial charge in [0.15, 0.2) is 0 Å². The Morgan fingerprint density at radius 3 is 2.50 bits per heavy atom. The number of carbonyl (C=O) groups excluding carboxylic acids is 1. The summed E-state index contributed by atoms with van der Waals surface area (Å²) in [5.41, 5.74) is 0. The molecule has 3 N–H and O–H groups in total. The second kappa shape index (κ2) is 7.62. The number of amides is 2. The van der Waals surface area contributed by atoms with Crippen LogP contribution in [-0.4, -0.2) is 30.3 Å². The standard InChI is InChI=1S/C10H22N2O2/c1-4-9(5-6-13)12-10(14)11-7-8(2)3/h8-9,13H,4-7H2,1-3H3,(H2,11,12,14). The van der Waals surface area contributed by atoms with Crippen molar-refractivity contribution in [2.24, 2.45) is 5.92 Å². The van der Waals surface area contributed by atoms with Crippen molar-refractivity contribution in [2.45, 2.75) is 39.7 Å². The predicted octanol–water partition coefficient (Wildman–Crippen LogP) is 1.10. The number of rotatable bonds is 6. The quantitative estimate of drug-likeness (QED) is 0.604. The molecule has 2 amide bonds. The molecule has 0 saturated carbocycles. The number of aliphatic hydroxyl groups excluding tert-OH is 1. The maximum atomic E-state index is 11.3. The first-order valence-electron chi connectivity index (χ1n) is 5.25. The van der Waals surface area contributed by atoms with E-state index in [-0.39, 0.29) is 18.7 Å². The maximum Gasteiger partial charge on any atom is 0.315 e. The smallest absolute Gasteiger partial charge is 0.315 e. The van der Waals surface area contributed by atoms with Crippen molar-refractivity contribution >= 4 is 6.03 Å². The lowest BCUT2D eigenvalue weighted by Crippen LogP contribution is -2.43. The average Bonchev–Trinajstić information content (AvgIpc) is 2.14. The molecular weight excluding hydrogens is 180 g/mol. The highest BCUT2D eigenvalue weighted by Gasteiger charge is 2.08. The van der Waals surface area contributed by atoms with Crippen LogP contribution in [0.15, 0.2) is 0 Å². The molecule has 0 aliphatic carbocycles. The third-order valence-corrected chi connectivity index (χ3v) is 1.98. The molecule has 0 saturated heterocycles. The first-order valence-corrected chi connectivity index (χ1v) is 5.25. The zero-order chi connectivity index (χ0) is 11.0. The lowest BCUT2D eigenvalue weighted by molar-refractivity contribution is 0.227. The van der Waals surface area contributed by atoms with E-state index in [1.54, 1.807) is 0 Å². The largest absolute Gasteiger partial charge is 0.396 e. The first kappa shape index (κ1) is 13.2. The van der Waals surface area contributed by atoms with E-state index in [0.717, 1.165) is 6.42 Å². The highest BCUT2D eigenvalue weighted by Crippen LogP contribution is 1.96. The Morgan fingerprint density at radius 1 is 1.43 bits per heavy atom. The molecule has 1 atom stereocenters. The monoisotopic (exact) mass is 202 g/mol. The Balaban J connectivity index is 3.67. The Kier molecular flexibility index (Phi) is 7.20. The van der Waals surface area contributed by atoms with Gasteiger partial charge in [0.25, 0.3) is 0 Å². The van der Waals surface area contributed by atoms with Crippen LogP contribution in [0.5, 0.6) is 0 Å². The number of hydrogen-bond acceptors (Lipinski definition) is 2. The number of carbonyl (C=O) groups is 1. The highest BCUT2D eigenvalue weighted by molar-refractivity contribution is 5.74. The van der Waals surface area contributed by atoms with Gasteiger partial charge in [-0.2, -0.15) is 0 Å². The van der Waals surface area contributed by atoms with E-state index in [2.05, 4.69) is 10.6 Å². The van der Waals surface area contributed by atoms with Crippen LogP contribution in [-0.2, 0) is 0 Å². The lowest BCUT2D eigenvalue weighted by Gasteiger charge is -2.16. The van der Waals surface area contributed by atoms with Gasteiger partial charge in [-0.15, -0.1) is 0 Å². The summed E-state index contributed by atoms with van der Waals surface area (Å²) in [5.74, 6) is 0.457. The van der Waals surface area contributed by atoms with Gasteiger partial charge in [-0.3, -0.25) is 0 Å². The molecule has 4 heteroatoms. The molecule has 1 unspecified atom stereocenters. The average molecular weight is 202 g/mol. The molecule has 0 aromatic heterocycles.